The van der Waals surface area contributed by atoms with E-state index < -0.39 is 0 Å². The lowest BCUT2D eigenvalue weighted by atomic mass is 9.95. The number of unbranched alkanes of at least 4 members (excludes halogenated alkanes) is 3. The monoisotopic (exact) mass is 194 g/mol. The fourth-order valence-corrected chi connectivity index (χ4v) is 1.39. The molecule has 0 rings (SSSR count). The van der Waals surface area contributed by atoms with Crippen LogP contribution in [0.5, 0.6) is 0 Å². The van der Waals surface area contributed by atoms with Crippen molar-refractivity contribution < 1.29 is 0 Å². The van der Waals surface area contributed by atoms with Gasteiger partial charge in [0.05, 0.1) is 6.07 Å². The number of hydrogen-bond donors (Lipinski definition) is 1. The Balaban J connectivity index is 3.76. The van der Waals surface area contributed by atoms with Crippen LogP contribution in [0.3, 0.4) is 0 Å². The van der Waals surface area contributed by atoms with E-state index in [0.717, 1.165) is 12.8 Å². The maximum atomic E-state index is 9.02. The van der Waals surface area contributed by atoms with Crippen LogP contribution in [0.25, 0.3) is 0 Å². The van der Waals surface area contributed by atoms with Crippen molar-refractivity contribution in [2.24, 2.45) is 0 Å². The maximum absolute atomic E-state index is 9.02. The summed E-state index contributed by atoms with van der Waals surface area (Å²) in [5, 5.41) is 12.2. The first kappa shape index (κ1) is 13.2. The molecule has 0 bridgehead atoms. The molecule has 0 aliphatic rings. The minimum Gasteiger partial charge on any atom is -0.296 e. The van der Waals surface area contributed by atoms with E-state index in [0.29, 0.717) is 6.54 Å². The highest BCUT2D eigenvalue weighted by Crippen LogP contribution is 2.14. The normalized spacial score (nSPS) is 14.4. The zero-order valence-corrected chi connectivity index (χ0v) is 9.47. The summed E-state index contributed by atoms with van der Waals surface area (Å²) in [7, 11) is 0. The molecule has 80 valence electrons. The van der Waals surface area contributed by atoms with Crippen LogP contribution >= 0.6 is 0 Å². The van der Waals surface area contributed by atoms with Gasteiger partial charge in [-0.1, -0.05) is 38.7 Å². The molecule has 0 heterocycles. The molecule has 0 aromatic carbocycles. The predicted octanol–water partition coefficient (Wildman–Crippen LogP) is 3.01. The number of nitrogens with zero attached hydrogens (tertiary/aromatic N) is 1. The van der Waals surface area contributed by atoms with Crippen LogP contribution in [0.15, 0.2) is 12.7 Å². The molecule has 2 heteroatoms. The third kappa shape index (κ3) is 5.77. The van der Waals surface area contributed by atoms with Crippen molar-refractivity contribution in [2.75, 3.05) is 6.54 Å². The lowest BCUT2D eigenvalue weighted by Gasteiger charge is -2.22. The Morgan fingerprint density at radius 1 is 1.43 bits per heavy atom. The fraction of sp³-hybridized carbons (Fsp3) is 0.750. The third-order valence-corrected chi connectivity index (χ3v) is 2.41. The average Bonchev–Trinajstić information content (AvgIpc) is 2.22. The van der Waals surface area contributed by atoms with Gasteiger partial charge in [-0.15, -0.1) is 6.58 Å². The standard InChI is InChI=1S/C12H22N2/c1-4-6-7-8-9-12(3,11-13)14-10-5-2/h5,14H,2,4,6-10H2,1,3H3. The minimum absolute atomic E-state index is 0.373. The molecule has 0 aliphatic heterocycles. The molecule has 0 aromatic rings. The van der Waals surface area contributed by atoms with Gasteiger partial charge >= 0.3 is 0 Å². The number of nitrogens with one attached hydrogen (secondary N) is 1. The molecular formula is C12H22N2. The molecule has 1 N–H and O–H groups in total. The number of nitriles is 1. The molecule has 0 saturated heterocycles. The van der Waals surface area contributed by atoms with E-state index in [-0.39, 0.29) is 5.54 Å². The van der Waals surface area contributed by atoms with Crippen LogP contribution in [0.1, 0.15) is 46.0 Å². The molecule has 0 spiro atoms. The summed E-state index contributed by atoms with van der Waals surface area (Å²) in [6.45, 7) is 8.50. The average molecular weight is 194 g/mol. The highest BCUT2D eigenvalue weighted by atomic mass is 14.9. The van der Waals surface area contributed by atoms with Crippen molar-refractivity contribution in [3.05, 3.63) is 12.7 Å². The first-order valence-electron chi connectivity index (χ1n) is 5.45. The maximum Gasteiger partial charge on any atom is 0.104 e. The topological polar surface area (TPSA) is 35.8 Å². The van der Waals surface area contributed by atoms with E-state index in [1.54, 1.807) is 6.08 Å². The minimum atomic E-state index is -0.373. The van der Waals surface area contributed by atoms with Gasteiger partial charge in [-0.25, -0.2) is 0 Å². The molecule has 0 aliphatic carbocycles. The van der Waals surface area contributed by atoms with Crippen molar-refractivity contribution in [1.29, 1.82) is 5.26 Å². The molecule has 2 nitrogen and oxygen atoms in total. The van der Waals surface area contributed by atoms with Crippen LogP contribution in [0, 0.1) is 11.3 Å². The molecule has 0 fully saturated rings. The van der Waals surface area contributed by atoms with Crippen LogP contribution < -0.4 is 5.32 Å². The quantitative estimate of drug-likeness (QED) is 0.476. The van der Waals surface area contributed by atoms with Gasteiger partial charge in [0.2, 0.25) is 0 Å². The van der Waals surface area contributed by atoms with Gasteiger partial charge in [0, 0.05) is 6.54 Å². The highest BCUT2D eigenvalue weighted by molar-refractivity contribution is 5.04. The first-order chi connectivity index (χ1) is 6.68. The Kier molecular flexibility index (Phi) is 7.14. The van der Waals surface area contributed by atoms with Gasteiger partial charge in [0.15, 0.2) is 0 Å². The Hall–Kier alpha value is -0.810. The van der Waals surface area contributed by atoms with E-state index in [4.69, 9.17) is 5.26 Å². The summed E-state index contributed by atoms with van der Waals surface area (Å²) in [4.78, 5) is 0. The van der Waals surface area contributed by atoms with Gasteiger partial charge < -0.3 is 0 Å². The van der Waals surface area contributed by atoms with E-state index >= 15 is 0 Å². The number of hydrogen-bond acceptors (Lipinski definition) is 2. The van der Waals surface area contributed by atoms with E-state index in [1.807, 2.05) is 6.92 Å². The van der Waals surface area contributed by atoms with Gasteiger partial charge in [0.1, 0.15) is 5.54 Å². The van der Waals surface area contributed by atoms with Crippen LogP contribution in [-0.4, -0.2) is 12.1 Å². The fourth-order valence-electron chi connectivity index (χ4n) is 1.39. The summed E-state index contributed by atoms with van der Waals surface area (Å²) in [6.07, 6.45) is 7.58. The molecule has 14 heavy (non-hydrogen) atoms. The van der Waals surface area contributed by atoms with Crippen LogP contribution in [0.2, 0.25) is 0 Å². The SMILES string of the molecule is C=CCNC(C)(C#N)CCCCCC. The molecule has 1 unspecified atom stereocenters. The number of rotatable bonds is 8. The van der Waals surface area contributed by atoms with Crippen LogP contribution in [-0.2, 0) is 0 Å². The molecule has 1 atom stereocenters. The molecular weight excluding hydrogens is 172 g/mol. The van der Waals surface area contributed by atoms with Gasteiger partial charge in [0.25, 0.3) is 0 Å². The second-order valence-corrected chi connectivity index (χ2v) is 3.92. The summed E-state index contributed by atoms with van der Waals surface area (Å²) < 4.78 is 0. The highest BCUT2D eigenvalue weighted by Gasteiger charge is 2.21. The van der Waals surface area contributed by atoms with Crippen LogP contribution in [0.4, 0.5) is 0 Å². The summed E-state index contributed by atoms with van der Waals surface area (Å²) >= 11 is 0. The van der Waals surface area contributed by atoms with Gasteiger partial charge in [-0.3, -0.25) is 5.32 Å². The largest absolute Gasteiger partial charge is 0.296 e. The Morgan fingerprint density at radius 3 is 2.64 bits per heavy atom. The molecule has 0 aromatic heterocycles. The van der Waals surface area contributed by atoms with Gasteiger partial charge in [-0.2, -0.15) is 5.26 Å². The van der Waals surface area contributed by atoms with Crippen molar-refractivity contribution >= 4 is 0 Å². The lowest BCUT2D eigenvalue weighted by Crippen LogP contribution is -2.40. The Labute approximate surface area is 88.0 Å². The van der Waals surface area contributed by atoms with E-state index in [9.17, 15) is 0 Å². The molecule has 0 radical (unpaired) electrons. The summed E-state index contributed by atoms with van der Waals surface area (Å²) in [5.74, 6) is 0. The van der Waals surface area contributed by atoms with Crippen molar-refractivity contribution in [1.82, 2.24) is 5.32 Å². The second kappa shape index (κ2) is 7.58. The molecule has 0 saturated carbocycles. The first-order valence-corrected chi connectivity index (χ1v) is 5.45. The predicted molar refractivity (Wildman–Crippen MR) is 61.0 cm³/mol. The van der Waals surface area contributed by atoms with Crippen molar-refractivity contribution in [3.63, 3.8) is 0 Å². The van der Waals surface area contributed by atoms with Crippen molar-refractivity contribution in [3.8, 4) is 6.07 Å². The smallest absolute Gasteiger partial charge is 0.104 e. The Morgan fingerprint density at radius 2 is 2.14 bits per heavy atom. The van der Waals surface area contributed by atoms with Gasteiger partial charge in [-0.05, 0) is 13.3 Å². The summed E-state index contributed by atoms with van der Waals surface area (Å²) in [5.41, 5.74) is -0.373. The third-order valence-electron chi connectivity index (χ3n) is 2.41. The molecule has 0 amide bonds. The van der Waals surface area contributed by atoms with Crippen molar-refractivity contribution in [2.45, 2.75) is 51.5 Å². The zero-order chi connectivity index (χ0) is 10.9. The second-order valence-electron chi connectivity index (χ2n) is 3.92. The van der Waals surface area contributed by atoms with E-state index in [1.165, 1.54) is 19.3 Å². The van der Waals surface area contributed by atoms with E-state index in [2.05, 4.69) is 24.9 Å². The zero-order valence-electron chi connectivity index (χ0n) is 9.47. The lowest BCUT2D eigenvalue weighted by molar-refractivity contribution is 0.415. The summed E-state index contributed by atoms with van der Waals surface area (Å²) in [6, 6.07) is 2.33. The Bertz CT molecular complexity index is 193.